The molecule has 1 heterocycles. The van der Waals surface area contributed by atoms with Gasteiger partial charge in [0.25, 0.3) is 5.91 Å². The number of nitrogens with zero attached hydrogens (tertiary/aromatic N) is 1. The summed E-state index contributed by atoms with van der Waals surface area (Å²) in [5, 5.41) is 2.62. The second kappa shape index (κ2) is 5.08. The summed E-state index contributed by atoms with van der Waals surface area (Å²) in [5.74, 6) is -0.249. The summed E-state index contributed by atoms with van der Waals surface area (Å²) in [6.45, 7) is 7.31. The highest BCUT2D eigenvalue weighted by Crippen LogP contribution is 2.13. The number of pyridine rings is 1. The molecule has 0 saturated carbocycles. The van der Waals surface area contributed by atoms with Crippen LogP contribution in [0.15, 0.2) is 18.3 Å². The van der Waals surface area contributed by atoms with E-state index < -0.39 is 5.41 Å². The maximum absolute atomic E-state index is 11.8. The van der Waals surface area contributed by atoms with E-state index in [2.05, 4.69) is 10.3 Å². The first-order chi connectivity index (χ1) is 7.82. The van der Waals surface area contributed by atoms with Crippen molar-refractivity contribution < 1.29 is 9.59 Å². The van der Waals surface area contributed by atoms with Gasteiger partial charge in [0.15, 0.2) is 5.78 Å². The molecule has 1 amide bonds. The Labute approximate surface area is 101 Å². The van der Waals surface area contributed by atoms with Crippen molar-refractivity contribution in [1.29, 1.82) is 0 Å². The number of carbonyl (C=O) groups is 2. The third-order valence-corrected chi connectivity index (χ3v) is 2.50. The maximum Gasteiger partial charge on any atom is 0.253 e. The number of hydrogen-bond acceptors (Lipinski definition) is 3. The van der Waals surface area contributed by atoms with E-state index in [-0.39, 0.29) is 18.2 Å². The van der Waals surface area contributed by atoms with Crippen LogP contribution in [0.2, 0.25) is 0 Å². The van der Waals surface area contributed by atoms with Crippen LogP contribution in [0.25, 0.3) is 0 Å². The number of carbonyl (C=O) groups excluding carboxylic acids is 2. The summed E-state index contributed by atoms with van der Waals surface area (Å²) in [6.07, 6.45) is 1.63. The van der Waals surface area contributed by atoms with E-state index in [0.29, 0.717) is 11.3 Å². The first-order valence-electron chi connectivity index (χ1n) is 5.55. The normalized spacial score (nSPS) is 11.1. The van der Waals surface area contributed by atoms with Gasteiger partial charge in [0.1, 0.15) is 0 Å². The lowest BCUT2D eigenvalue weighted by molar-refractivity contribution is -0.125. The topological polar surface area (TPSA) is 59.1 Å². The minimum atomic E-state index is -0.433. The Hall–Kier alpha value is -1.71. The number of ketones is 1. The molecule has 0 fully saturated rings. The summed E-state index contributed by atoms with van der Waals surface area (Å²) >= 11 is 0. The fourth-order valence-electron chi connectivity index (χ4n) is 1.25. The van der Waals surface area contributed by atoms with E-state index in [4.69, 9.17) is 0 Å². The fraction of sp³-hybridized carbons (Fsp3) is 0.462. The number of nitrogens with one attached hydrogen (secondary N) is 1. The Kier molecular flexibility index (Phi) is 3.99. The molecule has 1 N–H and O–H groups in total. The van der Waals surface area contributed by atoms with Crippen LogP contribution in [0.1, 0.15) is 36.8 Å². The Morgan fingerprint density at radius 1 is 1.35 bits per heavy atom. The molecule has 0 bridgehead atoms. The van der Waals surface area contributed by atoms with Crippen molar-refractivity contribution in [2.75, 3.05) is 6.54 Å². The van der Waals surface area contributed by atoms with E-state index in [0.717, 1.165) is 0 Å². The smallest absolute Gasteiger partial charge is 0.253 e. The molecule has 4 nitrogen and oxygen atoms in total. The van der Waals surface area contributed by atoms with Gasteiger partial charge in [-0.15, -0.1) is 0 Å². The molecule has 1 aromatic heterocycles. The van der Waals surface area contributed by atoms with Gasteiger partial charge in [-0.05, 0) is 19.1 Å². The zero-order valence-electron chi connectivity index (χ0n) is 10.7. The second-order valence-electron chi connectivity index (χ2n) is 4.99. The van der Waals surface area contributed by atoms with Crippen molar-refractivity contribution in [3.8, 4) is 0 Å². The molecule has 92 valence electrons. The zero-order chi connectivity index (χ0) is 13.1. The van der Waals surface area contributed by atoms with E-state index in [1.54, 1.807) is 25.3 Å². The van der Waals surface area contributed by atoms with E-state index >= 15 is 0 Å². The van der Waals surface area contributed by atoms with Gasteiger partial charge in [0, 0.05) is 17.3 Å². The molecule has 0 spiro atoms. The highest BCUT2D eigenvalue weighted by molar-refractivity contribution is 5.98. The molecule has 0 radical (unpaired) electrons. The summed E-state index contributed by atoms with van der Waals surface area (Å²) in [6, 6.07) is 3.40. The third kappa shape index (κ3) is 3.66. The largest absolute Gasteiger partial charge is 0.345 e. The van der Waals surface area contributed by atoms with Crippen LogP contribution in [-0.2, 0) is 4.79 Å². The molecular weight excluding hydrogens is 216 g/mol. The number of aryl methyl sites for hydroxylation is 1. The molecule has 0 aliphatic rings. The molecule has 0 aliphatic heterocycles. The van der Waals surface area contributed by atoms with Crippen molar-refractivity contribution in [1.82, 2.24) is 10.3 Å². The summed E-state index contributed by atoms with van der Waals surface area (Å²) in [7, 11) is 0. The van der Waals surface area contributed by atoms with Crippen molar-refractivity contribution in [3.63, 3.8) is 0 Å². The minimum absolute atomic E-state index is 0.00685. The van der Waals surface area contributed by atoms with Crippen molar-refractivity contribution >= 4 is 11.7 Å². The lowest BCUT2D eigenvalue weighted by Gasteiger charge is -2.16. The highest BCUT2D eigenvalue weighted by atomic mass is 16.2. The maximum atomic E-state index is 11.8. The summed E-state index contributed by atoms with van der Waals surface area (Å²) in [5.41, 5.74) is 0.736. The summed E-state index contributed by atoms with van der Waals surface area (Å²) in [4.78, 5) is 27.5. The number of aromatic nitrogens is 1. The van der Waals surface area contributed by atoms with Crippen molar-refractivity contribution in [3.05, 3.63) is 29.6 Å². The fourth-order valence-corrected chi connectivity index (χ4v) is 1.25. The highest BCUT2D eigenvalue weighted by Gasteiger charge is 2.21. The molecule has 0 saturated heterocycles. The van der Waals surface area contributed by atoms with Gasteiger partial charge in [-0.2, -0.15) is 0 Å². The predicted octanol–water partition coefficient (Wildman–Crippen LogP) is 1.74. The van der Waals surface area contributed by atoms with Crippen LogP contribution in [0.4, 0.5) is 0 Å². The monoisotopic (exact) mass is 234 g/mol. The van der Waals surface area contributed by atoms with Gasteiger partial charge >= 0.3 is 0 Å². The Morgan fingerprint density at radius 3 is 2.53 bits per heavy atom. The third-order valence-electron chi connectivity index (χ3n) is 2.50. The average Bonchev–Trinajstić information content (AvgIpc) is 2.24. The average molecular weight is 234 g/mol. The molecule has 0 aromatic carbocycles. The molecule has 17 heavy (non-hydrogen) atoms. The Morgan fingerprint density at radius 2 is 2.00 bits per heavy atom. The zero-order valence-corrected chi connectivity index (χ0v) is 10.7. The van der Waals surface area contributed by atoms with E-state index in [1.807, 2.05) is 20.8 Å². The molecule has 1 rings (SSSR count). The first-order valence-corrected chi connectivity index (χ1v) is 5.55. The summed E-state index contributed by atoms with van der Waals surface area (Å²) < 4.78 is 0. The van der Waals surface area contributed by atoms with Crippen molar-refractivity contribution in [2.45, 2.75) is 27.7 Å². The van der Waals surface area contributed by atoms with Crippen LogP contribution in [0.3, 0.4) is 0 Å². The number of Topliss-reactive ketones (excluding diaryl/α,β-unsaturated/α-hetero) is 1. The molecule has 0 atom stereocenters. The van der Waals surface area contributed by atoms with Crippen molar-refractivity contribution in [2.24, 2.45) is 5.41 Å². The lowest BCUT2D eigenvalue weighted by Crippen LogP contribution is -2.35. The van der Waals surface area contributed by atoms with Gasteiger partial charge in [-0.1, -0.05) is 20.8 Å². The molecule has 0 aliphatic carbocycles. The van der Waals surface area contributed by atoms with Gasteiger partial charge in [0.05, 0.1) is 12.1 Å². The van der Waals surface area contributed by atoms with Gasteiger partial charge in [-0.25, -0.2) is 0 Å². The standard InChI is InChI=1S/C13H18N2O2/c1-9-10(6-5-7-14-9)12(17)15-8-11(16)13(2,3)4/h5-7H,8H2,1-4H3,(H,15,17). The van der Waals surface area contributed by atoms with Crippen LogP contribution in [0, 0.1) is 12.3 Å². The molecule has 4 heteroatoms. The Balaban J connectivity index is 2.63. The van der Waals surface area contributed by atoms with Gasteiger partial charge in [0.2, 0.25) is 0 Å². The van der Waals surface area contributed by atoms with E-state index in [1.165, 1.54) is 0 Å². The molecule has 0 unspecified atom stereocenters. The van der Waals surface area contributed by atoms with Crippen LogP contribution < -0.4 is 5.32 Å². The minimum Gasteiger partial charge on any atom is -0.345 e. The van der Waals surface area contributed by atoms with Gasteiger partial charge in [-0.3, -0.25) is 14.6 Å². The van der Waals surface area contributed by atoms with E-state index in [9.17, 15) is 9.59 Å². The quantitative estimate of drug-likeness (QED) is 0.866. The van der Waals surface area contributed by atoms with Crippen LogP contribution in [0.5, 0.6) is 0 Å². The Bertz CT molecular complexity index is 433. The first kappa shape index (κ1) is 13.4. The second-order valence-corrected chi connectivity index (χ2v) is 4.99. The van der Waals surface area contributed by atoms with Crippen LogP contribution >= 0.6 is 0 Å². The predicted molar refractivity (Wildman–Crippen MR) is 65.8 cm³/mol. The van der Waals surface area contributed by atoms with Crippen LogP contribution in [-0.4, -0.2) is 23.2 Å². The number of amides is 1. The number of hydrogen-bond donors (Lipinski definition) is 1. The SMILES string of the molecule is Cc1ncccc1C(=O)NCC(=O)C(C)(C)C. The van der Waals surface area contributed by atoms with Gasteiger partial charge < -0.3 is 5.32 Å². The molecular formula is C13H18N2O2. The lowest BCUT2D eigenvalue weighted by atomic mass is 9.91. The molecule has 1 aromatic rings. The number of rotatable bonds is 3.